The number of carbonyl (C=O) groups is 1. The molecule has 0 fully saturated rings. The lowest BCUT2D eigenvalue weighted by molar-refractivity contribution is 0.102. The van der Waals surface area contributed by atoms with Gasteiger partial charge >= 0.3 is 0 Å². The van der Waals surface area contributed by atoms with Crippen LogP contribution in [-0.2, 0) is 0 Å². The number of thioether (sulfide) groups is 1. The number of hydrogen-bond donors (Lipinski definition) is 0. The second kappa shape index (κ2) is 7.11. The van der Waals surface area contributed by atoms with Crippen molar-refractivity contribution in [2.45, 2.75) is 5.22 Å². The maximum absolute atomic E-state index is 12.2. The van der Waals surface area contributed by atoms with Crippen LogP contribution >= 0.6 is 11.8 Å². The van der Waals surface area contributed by atoms with E-state index in [0.717, 1.165) is 5.56 Å². The van der Waals surface area contributed by atoms with E-state index in [-0.39, 0.29) is 11.5 Å². The van der Waals surface area contributed by atoms with E-state index < -0.39 is 0 Å². The van der Waals surface area contributed by atoms with Crippen molar-refractivity contribution in [1.82, 2.24) is 10.2 Å². The highest BCUT2D eigenvalue weighted by atomic mass is 32.2. The third-order valence-corrected chi connectivity index (χ3v) is 3.96. The van der Waals surface area contributed by atoms with Gasteiger partial charge in [0.05, 0.1) is 12.9 Å². The second-order valence-electron chi connectivity index (χ2n) is 4.68. The van der Waals surface area contributed by atoms with E-state index in [9.17, 15) is 4.79 Å². The summed E-state index contributed by atoms with van der Waals surface area (Å²) >= 11 is 1.22. The number of Topliss-reactive ketones (excluding diaryl/α,β-unsaturated/α-hetero) is 1. The Balaban J connectivity index is 1.64. The molecule has 0 amide bonds. The highest BCUT2D eigenvalue weighted by molar-refractivity contribution is 7.99. The van der Waals surface area contributed by atoms with Crippen molar-refractivity contribution >= 4 is 17.5 Å². The molecular weight excluding hydrogens is 312 g/mol. The third kappa shape index (κ3) is 3.78. The lowest BCUT2D eigenvalue weighted by Crippen LogP contribution is -2.02. The minimum absolute atomic E-state index is 0.0200. The first-order valence-corrected chi connectivity index (χ1v) is 7.94. The average Bonchev–Trinajstić information content (AvgIpc) is 3.09. The van der Waals surface area contributed by atoms with E-state index in [1.165, 1.54) is 11.8 Å². The van der Waals surface area contributed by atoms with Crippen LogP contribution in [0.2, 0.25) is 0 Å². The molecule has 0 radical (unpaired) electrons. The van der Waals surface area contributed by atoms with Crippen molar-refractivity contribution in [2.75, 3.05) is 12.9 Å². The fourth-order valence-electron chi connectivity index (χ4n) is 1.97. The summed E-state index contributed by atoms with van der Waals surface area (Å²) in [4.78, 5) is 12.2. The Kier molecular flexibility index (Phi) is 4.73. The standard InChI is InChI=1S/C17H14N2O3S/c1-21-14-9-5-8-13(10-14)15(20)11-23-17-19-18-16(22-17)12-6-3-2-4-7-12/h2-10H,11H2,1H3. The van der Waals surface area contributed by atoms with Crippen LogP contribution in [0, 0.1) is 0 Å². The molecule has 0 aliphatic carbocycles. The van der Waals surface area contributed by atoms with Gasteiger partial charge in [-0.1, -0.05) is 42.1 Å². The van der Waals surface area contributed by atoms with Gasteiger partial charge < -0.3 is 9.15 Å². The maximum Gasteiger partial charge on any atom is 0.277 e. The van der Waals surface area contributed by atoms with E-state index in [4.69, 9.17) is 9.15 Å². The van der Waals surface area contributed by atoms with Crippen molar-refractivity contribution in [3.8, 4) is 17.2 Å². The lowest BCUT2D eigenvalue weighted by atomic mass is 10.1. The van der Waals surface area contributed by atoms with Crippen LogP contribution in [0.15, 0.2) is 64.2 Å². The van der Waals surface area contributed by atoms with Gasteiger partial charge in [-0.15, -0.1) is 10.2 Å². The van der Waals surface area contributed by atoms with Gasteiger partial charge in [0.1, 0.15) is 5.75 Å². The van der Waals surface area contributed by atoms with Crippen molar-refractivity contribution < 1.29 is 13.9 Å². The van der Waals surface area contributed by atoms with E-state index >= 15 is 0 Å². The van der Waals surface area contributed by atoms with Gasteiger partial charge in [-0.3, -0.25) is 4.79 Å². The predicted molar refractivity (Wildman–Crippen MR) is 87.8 cm³/mol. The molecule has 6 heteroatoms. The SMILES string of the molecule is COc1cccc(C(=O)CSc2nnc(-c3ccccc3)o2)c1. The van der Waals surface area contributed by atoms with Gasteiger partial charge in [0, 0.05) is 11.1 Å². The number of rotatable bonds is 6. The van der Waals surface area contributed by atoms with Crippen LogP contribution in [-0.4, -0.2) is 28.8 Å². The average molecular weight is 326 g/mol. The zero-order valence-corrected chi connectivity index (χ0v) is 13.2. The van der Waals surface area contributed by atoms with Crippen LogP contribution in [0.5, 0.6) is 5.75 Å². The fraction of sp³-hybridized carbons (Fsp3) is 0.118. The van der Waals surface area contributed by atoms with Crippen LogP contribution in [0.3, 0.4) is 0 Å². The second-order valence-corrected chi connectivity index (χ2v) is 5.61. The van der Waals surface area contributed by atoms with Crippen LogP contribution < -0.4 is 4.74 Å². The number of nitrogens with zero attached hydrogens (tertiary/aromatic N) is 2. The van der Waals surface area contributed by atoms with Crippen LogP contribution in [0.25, 0.3) is 11.5 Å². The molecule has 2 aromatic carbocycles. The zero-order valence-electron chi connectivity index (χ0n) is 12.4. The van der Waals surface area contributed by atoms with Crippen LogP contribution in [0.4, 0.5) is 0 Å². The number of aromatic nitrogens is 2. The Hall–Kier alpha value is -2.60. The first kappa shape index (κ1) is 15.3. The number of ether oxygens (including phenoxy) is 1. The van der Waals surface area contributed by atoms with Crippen molar-refractivity contribution in [1.29, 1.82) is 0 Å². The molecule has 0 saturated heterocycles. The maximum atomic E-state index is 12.2. The quantitative estimate of drug-likeness (QED) is 0.508. The summed E-state index contributed by atoms with van der Waals surface area (Å²) in [7, 11) is 1.57. The highest BCUT2D eigenvalue weighted by Gasteiger charge is 2.12. The Bertz CT molecular complexity index is 802. The lowest BCUT2D eigenvalue weighted by Gasteiger charge is -2.02. The Morgan fingerprint density at radius 2 is 1.96 bits per heavy atom. The molecule has 3 rings (SSSR count). The van der Waals surface area contributed by atoms with E-state index in [0.29, 0.717) is 22.4 Å². The number of carbonyl (C=O) groups excluding carboxylic acids is 1. The minimum Gasteiger partial charge on any atom is -0.497 e. The molecule has 0 N–H and O–H groups in total. The van der Waals surface area contributed by atoms with E-state index in [2.05, 4.69) is 10.2 Å². The van der Waals surface area contributed by atoms with Gasteiger partial charge in [-0.2, -0.15) is 0 Å². The smallest absolute Gasteiger partial charge is 0.277 e. The van der Waals surface area contributed by atoms with E-state index in [1.807, 2.05) is 30.3 Å². The molecule has 0 atom stereocenters. The van der Waals surface area contributed by atoms with Gasteiger partial charge in [-0.05, 0) is 24.3 Å². The summed E-state index contributed by atoms with van der Waals surface area (Å²) in [5.74, 6) is 1.31. The molecule has 23 heavy (non-hydrogen) atoms. The molecule has 0 saturated carbocycles. The largest absolute Gasteiger partial charge is 0.497 e. The molecule has 3 aromatic rings. The zero-order chi connectivity index (χ0) is 16.1. The summed E-state index contributed by atoms with van der Waals surface area (Å²) in [5.41, 5.74) is 1.45. The molecule has 0 spiro atoms. The summed E-state index contributed by atoms with van der Waals surface area (Å²) in [5, 5.41) is 8.33. The normalized spacial score (nSPS) is 10.5. The molecule has 0 aliphatic rings. The van der Waals surface area contributed by atoms with Gasteiger partial charge in [0.25, 0.3) is 5.22 Å². The number of ketones is 1. The van der Waals surface area contributed by atoms with Gasteiger partial charge in [-0.25, -0.2) is 0 Å². The topological polar surface area (TPSA) is 65.2 Å². The molecule has 0 bridgehead atoms. The van der Waals surface area contributed by atoms with Gasteiger partial charge in [0.15, 0.2) is 5.78 Å². The molecule has 1 aromatic heterocycles. The summed E-state index contributed by atoms with van der Waals surface area (Å²) in [6.07, 6.45) is 0. The predicted octanol–water partition coefficient (Wildman–Crippen LogP) is 3.72. The number of benzene rings is 2. The molecule has 0 aliphatic heterocycles. The highest BCUT2D eigenvalue weighted by Crippen LogP contribution is 2.24. The summed E-state index contributed by atoms with van der Waals surface area (Å²) in [6.45, 7) is 0. The first-order chi connectivity index (χ1) is 11.3. The molecule has 0 unspecified atom stereocenters. The molecule has 5 nitrogen and oxygen atoms in total. The number of hydrogen-bond acceptors (Lipinski definition) is 6. The Labute approximate surface area is 137 Å². The molecule has 116 valence electrons. The van der Waals surface area contributed by atoms with E-state index in [1.54, 1.807) is 31.4 Å². The third-order valence-electron chi connectivity index (χ3n) is 3.15. The fourth-order valence-corrected chi connectivity index (χ4v) is 2.63. The first-order valence-electron chi connectivity index (χ1n) is 6.95. The van der Waals surface area contributed by atoms with Crippen LogP contribution in [0.1, 0.15) is 10.4 Å². The molecular formula is C17H14N2O3S. The monoisotopic (exact) mass is 326 g/mol. The Morgan fingerprint density at radius 3 is 2.74 bits per heavy atom. The minimum atomic E-state index is -0.0200. The number of methoxy groups -OCH3 is 1. The summed E-state index contributed by atoms with van der Waals surface area (Å²) in [6, 6.07) is 16.6. The van der Waals surface area contributed by atoms with Crippen molar-refractivity contribution in [2.24, 2.45) is 0 Å². The Morgan fingerprint density at radius 1 is 1.13 bits per heavy atom. The summed E-state index contributed by atoms with van der Waals surface area (Å²) < 4.78 is 10.7. The van der Waals surface area contributed by atoms with Crippen molar-refractivity contribution in [3.05, 3.63) is 60.2 Å². The van der Waals surface area contributed by atoms with Gasteiger partial charge in [0.2, 0.25) is 5.89 Å². The van der Waals surface area contributed by atoms with Crippen molar-refractivity contribution in [3.63, 3.8) is 0 Å². The molecule has 1 heterocycles.